The van der Waals surface area contributed by atoms with E-state index < -0.39 is 5.97 Å². The highest BCUT2D eigenvalue weighted by Gasteiger charge is 2.24. The van der Waals surface area contributed by atoms with Crippen LogP contribution in [0.25, 0.3) is 0 Å². The number of nitrogens with zero attached hydrogens (tertiary/aromatic N) is 2. The Bertz CT molecular complexity index is 341. The molecule has 0 saturated carbocycles. The number of methoxy groups -OCH3 is 1. The first kappa shape index (κ1) is 17.7. The average molecular weight is 301 g/mol. The van der Waals surface area contributed by atoms with Gasteiger partial charge in [-0.05, 0) is 5.92 Å². The lowest BCUT2D eigenvalue weighted by Crippen LogP contribution is -2.55. The lowest BCUT2D eigenvalue weighted by Gasteiger charge is -2.35. The molecule has 0 aromatic rings. The molecule has 1 rings (SSSR count). The summed E-state index contributed by atoms with van der Waals surface area (Å²) in [5.41, 5.74) is 0. The summed E-state index contributed by atoms with van der Waals surface area (Å²) >= 11 is 0. The minimum Gasteiger partial charge on any atom is -0.481 e. The van der Waals surface area contributed by atoms with Crippen LogP contribution in [0.1, 0.15) is 20.3 Å². The van der Waals surface area contributed by atoms with Gasteiger partial charge in [0.2, 0.25) is 0 Å². The summed E-state index contributed by atoms with van der Waals surface area (Å²) in [6.45, 7) is 7.84. The van der Waals surface area contributed by atoms with E-state index in [9.17, 15) is 9.59 Å². The summed E-state index contributed by atoms with van der Waals surface area (Å²) in [5.74, 6) is -0.472. The second-order valence-electron chi connectivity index (χ2n) is 5.73. The molecular weight excluding hydrogens is 274 g/mol. The number of hydrogen-bond acceptors (Lipinski definition) is 4. The highest BCUT2D eigenvalue weighted by Crippen LogP contribution is 2.06. The van der Waals surface area contributed by atoms with Crippen molar-refractivity contribution in [2.45, 2.75) is 26.3 Å². The molecule has 0 spiro atoms. The van der Waals surface area contributed by atoms with Crippen molar-refractivity contribution < 1.29 is 19.4 Å². The van der Waals surface area contributed by atoms with Crippen LogP contribution >= 0.6 is 0 Å². The number of carboxylic acids is 1. The number of ether oxygens (including phenoxy) is 1. The third kappa shape index (κ3) is 6.31. The van der Waals surface area contributed by atoms with Gasteiger partial charge >= 0.3 is 12.0 Å². The van der Waals surface area contributed by atoms with Gasteiger partial charge < -0.3 is 20.1 Å². The van der Waals surface area contributed by atoms with E-state index in [1.807, 2.05) is 13.8 Å². The van der Waals surface area contributed by atoms with Crippen molar-refractivity contribution in [3.8, 4) is 0 Å². The predicted molar refractivity (Wildman–Crippen MR) is 79.3 cm³/mol. The molecule has 0 radical (unpaired) electrons. The minimum absolute atomic E-state index is 0.00698. The maximum atomic E-state index is 12.2. The third-order valence-electron chi connectivity index (χ3n) is 3.76. The largest absolute Gasteiger partial charge is 0.481 e. The van der Waals surface area contributed by atoms with Crippen molar-refractivity contribution in [2.24, 2.45) is 5.92 Å². The fourth-order valence-corrected chi connectivity index (χ4v) is 2.26. The number of carboxylic acid groups (broad SMARTS) is 1. The Hall–Kier alpha value is -1.34. The van der Waals surface area contributed by atoms with Gasteiger partial charge in [0.1, 0.15) is 0 Å². The van der Waals surface area contributed by atoms with Gasteiger partial charge in [0.05, 0.1) is 19.1 Å². The van der Waals surface area contributed by atoms with Crippen LogP contribution in [0, 0.1) is 5.92 Å². The molecular formula is C14H27N3O4. The number of urea groups is 1. The summed E-state index contributed by atoms with van der Waals surface area (Å²) in [5, 5.41) is 11.7. The van der Waals surface area contributed by atoms with Crippen molar-refractivity contribution in [3.63, 3.8) is 0 Å². The molecule has 1 unspecified atom stereocenters. The number of carbonyl (C=O) groups excluding carboxylic acids is 1. The maximum absolute atomic E-state index is 12.2. The second kappa shape index (κ2) is 8.84. The highest BCUT2D eigenvalue weighted by atomic mass is 16.5. The molecule has 1 fully saturated rings. The lowest BCUT2D eigenvalue weighted by molar-refractivity contribution is -0.137. The molecule has 21 heavy (non-hydrogen) atoms. The van der Waals surface area contributed by atoms with Gasteiger partial charge in [0.15, 0.2) is 0 Å². The van der Waals surface area contributed by atoms with Gasteiger partial charge in [0, 0.05) is 39.8 Å². The van der Waals surface area contributed by atoms with Gasteiger partial charge in [-0.1, -0.05) is 13.8 Å². The monoisotopic (exact) mass is 301 g/mol. The van der Waals surface area contributed by atoms with Crippen molar-refractivity contribution in [1.82, 2.24) is 15.1 Å². The van der Waals surface area contributed by atoms with Gasteiger partial charge in [0.25, 0.3) is 0 Å². The Kier molecular flexibility index (Phi) is 7.45. The van der Waals surface area contributed by atoms with Crippen molar-refractivity contribution in [1.29, 1.82) is 0 Å². The normalized spacial score (nSPS) is 17.8. The molecule has 1 atom stereocenters. The predicted octanol–water partition coefficient (Wildman–Crippen LogP) is 0.459. The number of hydrogen-bond donors (Lipinski definition) is 2. The van der Waals surface area contributed by atoms with Crippen LogP contribution in [0.2, 0.25) is 0 Å². The highest BCUT2D eigenvalue weighted by molar-refractivity contribution is 5.74. The number of rotatable bonds is 7. The van der Waals surface area contributed by atoms with Crippen LogP contribution in [-0.2, 0) is 9.53 Å². The zero-order valence-corrected chi connectivity index (χ0v) is 13.2. The average Bonchev–Trinajstić information content (AvgIpc) is 2.45. The Morgan fingerprint density at radius 1 is 1.24 bits per heavy atom. The number of nitrogens with one attached hydrogen (secondary N) is 1. The van der Waals surface area contributed by atoms with Gasteiger partial charge in [-0.2, -0.15) is 0 Å². The molecule has 0 aromatic carbocycles. The van der Waals surface area contributed by atoms with Crippen LogP contribution in [0.4, 0.5) is 4.79 Å². The van der Waals surface area contributed by atoms with Crippen LogP contribution in [-0.4, -0.2) is 79.4 Å². The summed E-state index contributed by atoms with van der Waals surface area (Å²) < 4.78 is 5.13. The molecule has 1 aliphatic heterocycles. The maximum Gasteiger partial charge on any atom is 0.317 e. The molecule has 7 nitrogen and oxygen atoms in total. The first-order valence-electron chi connectivity index (χ1n) is 7.42. The summed E-state index contributed by atoms with van der Waals surface area (Å²) in [6.07, 6.45) is 0.148. The SMILES string of the molecule is COCC(NC(=O)N1CCN(CCC(=O)O)CC1)C(C)C. The van der Waals surface area contributed by atoms with Gasteiger partial charge in [-0.3, -0.25) is 9.69 Å². The van der Waals surface area contributed by atoms with Crippen LogP contribution < -0.4 is 5.32 Å². The smallest absolute Gasteiger partial charge is 0.317 e. The van der Waals surface area contributed by atoms with E-state index in [0.29, 0.717) is 32.2 Å². The van der Waals surface area contributed by atoms with Crippen molar-refractivity contribution >= 4 is 12.0 Å². The number of piperazine rings is 1. The molecule has 1 aliphatic rings. The Morgan fingerprint density at radius 3 is 2.33 bits per heavy atom. The lowest BCUT2D eigenvalue weighted by atomic mass is 10.1. The Labute approximate surface area is 126 Å². The Morgan fingerprint density at radius 2 is 1.86 bits per heavy atom. The van der Waals surface area contributed by atoms with Crippen LogP contribution in [0.3, 0.4) is 0 Å². The van der Waals surface area contributed by atoms with Gasteiger partial charge in [-0.15, -0.1) is 0 Å². The van der Waals surface area contributed by atoms with Crippen molar-refractivity contribution in [2.75, 3.05) is 46.4 Å². The molecule has 7 heteroatoms. The van der Waals surface area contributed by atoms with E-state index >= 15 is 0 Å². The topological polar surface area (TPSA) is 82.1 Å². The summed E-state index contributed by atoms with van der Waals surface area (Å²) in [7, 11) is 1.63. The second-order valence-corrected chi connectivity index (χ2v) is 5.73. The fourth-order valence-electron chi connectivity index (χ4n) is 2.26. The molecule has 0 aromatic heterocycles. The van der Waals surface area contributed by atoms with E-state index in [0.717, 1.165) is 13.1 Å². The summed E-state index contributed by atoms with van der Waals surface area (Å²) in [6, 6.07) is -0.0591. The fraction of sp³-hybridized carbons (Fsp3) is 0.857. The van der Waals surface area contributed by atoms with E-state index in [2.05, 4.69) is 10.2 Å². The third-order valence-corrected chi connectivity index (χ3v) is 3.76. The molecule has 0 aliphatic carbocycles. The first-order chi connectivity index (χ1) is 9.93. The van der Waals surface area contributed by atoms with E-state index in [-0.39, 0.29) is 18.5 Å². The van der Waals surface area contributed by atoms with E-state index in [4.69, 9.17) is 9.84 Å². The van der Waals surface area contributed by atoms with Crippen LogP contribution in [0.15, 0.2) is 0 Å². The van der Waals surface area contributed by atoms with E-state index in [1.165, 1.54) is 0 Å². The molecule has 2 N–H and O–H groups in total. The van der Waals surface area contributed by atoms with Gasteiger partial charge in [-0.25, -0.2) is 4.79 Å². The molecule has 0 bridgehead atoms. The zero-order chi connectivity index (χ0) is 15.8. The number of carbonyl (C=O) groups is 2. The Balaban J connectivity index is 2.35. The zero-order valence-electron chi connectivity index (χ0n) is 13.2. The first-order valence-corrected chi connectivity index (χ1v) is 7.42. The summed E-state index contributed by atoms with van der Waals surface area (Å²) in [4.78, 5) is 26.6. The number of aliphatic carboxylic acids is 1. The molecule has 122 valence electrons. The quantitative estimate of drug-likeness (QED) is 0.714. The van der Waals surface area contributed by atoms with Crippen LogP contribution in [0.5, 0.6) is 0 Å². The molecule has 1 heterocycles. The standard InChI is InChI=1S/C14H27N3O4/c1-11(2)12(10-21-3)15-14(20)17-8-6-16(7-9-17)5-4-13(18)19/h11-12H,4-10H2,1-3H3,(H,15,20)(H,18,19). The van der Waals surface area contributed by atoms with Crippen molar-refractivity contribution in [3.05, 3.63) is 0 Å². The molecule has 2 amide bonds. The number of amides is 2. The minimum atomic E-state index is -0.783. The van der Waals surface area contributed by atoms with E-state index in [1.54, 1.807) is 12.0 Å². The molecule has 1 saturated heterocycles.